The molecule has 0 radical (unpaired) electrons. The molecule has 0 N–H and O–H groups in total. The second-order valence-electron chi connectivity index (χ2n) is 7.90. The molecule has 0 aliphatic heterocycles. The summed E-state index contributed by atoms with van der Waals surface area (Å²) < 4.78 is 28.5. The molecule has 0 saturated heterocycles. The number of unbranched alkanes of at least 4 members (excludes halogenated alkanes) is 2. The van der Waals surface area contributed by atoms with E-state index in [9.17, 15) is 8.78 Å². The molecule has 0 saturated carbocycles. The molecule has 0 amide bonds. The summed E-state index contributed by atoms with van der Waals surface area (Å²) in [6, 6.07) is 17.9. The molecule has 3 aromatic rings. The molecule has 0 aliphatic carbocycles. The van der Waals surface area contributed by atoms with E-state index in [4.69, 9.17) is 0 Å². The maximum absolute atomic E-state index is 14.5. The number of halogens is 2. The molecule has 0 spiro atoms. The van der Waals surface area contributed by atoms with Gasteiger partial charge < -0.3 is 0 Å². The van der Waals surface area contributed by atoms with Crippen LogP contribution < -0.4 is 0 Å². The van der Waals surface area contributed by atoms with E-state index < -0.39 is 5.82 Å². The van der Waals surface area contributed by atoms with Crippen LogP contribution in [0.4, 0.5) is 8.78 Å². The molecule has 32 heavy (non-hydrogen) atoms. The lowest BCUT2D eigenvalue weighted by molar-refractivity contribution is 0.607. The Labute approximate surface area is 190 Å². The highest BCUT2D eigenvalue weighted by Gasteiger charge is 2.03. The van der Waals surface area contributed by atoms with E-state index in [2.05, 4.69) is 42.7 Å². The Bertz CT molecular complexity index is 1170. The summed E-state index contributed by atoms with van der Waals surface area (Å²) in [6.45, 7) is 4.21. The molecule has 0 aromatic heterocycles. The summed E-state index contributed by atoms with van der Waals surface area (Å²) >= 11 is 0. The molecule has 0 fully saturated rings. The second-order valence-corrected chi connectivity index (χ2v) is 7.90. The maximum Gasteiger partial charge on any atom is 0.140 e. The molecule has 0 atom stereocenters. The van der Waals surface area contributed by atoms with Gasteiger partial charge in [0, 0.05) is 16.7 Å². The molecule has 3 rings (SSSR count). The van der Waals surface area contributed by atoms with Crippen LogP contribution in [0.15, 0.2) is 60.7 Å². The van der Waals surface area contributed by atoms with Crippen molar-refractivity contribution >= 4 is 0 Å². The Morgan fingerprint density at radius 2 is 1.22 bits per heavy atom. The first kappa shape index (κ1) is 23.3. The van der Waals surface area contributed by atoms with Crippen LogP contribution in [0.3, 0.4) is 0 Å². The van der Waals surface area contributed by atoms with Crippen molar-refractivity contribution in [3.8, 4) is 23.7 Å². The number of hydrogen-bond donors (Lipinski definition) is 0. The van der Waals surface area contributed by atoms with Gasteiger partial charge in [0.2, 0.25) is 0 Å². The van der Waals surface area contributed by atoms with E-state index in [-0.39, 0.29) is 11.4 Å². The smallest absolute Gasteiger partial charge is 0.140 e. The minimum Gasteiger partial charge on any atom is -0.207 e. The Morgan fingerprint density at radius 3 is 1.88 bits per heavy atom. The molecular weight excluding hydrogens is 398 g/mol. The average Bonchev–Trinajstić information content (AvgIpc) is 2.80. The van der Waals surface area contributed by atoms with Gasteiger partial charge in [-0.3, -0.25) is 0 Å². The predicted molar refractivity (Wildman–Crippen MR) is 128 cm³/mol. The largest absolute Gasteiger partial charge is 0.207 e. The number of benzene rings is 3. The minimum atomic E-state index is -0.432. The third-order valence-corrected chi connectivity index (χ3v) is 5.26. The van der Waals surface area contributed by atoms with Gasteiger partial charge >= 0.3 is 0 Å². The summed E-state index contributed by atoms with van der Waals surface area (Å²) in [6.07, 6.45) is 6.33. The summed E-state index contributed by atoms with van der Waals surface area (Å²) in [5.74, 6) is 11.0. The third kappa shape index (κ3) is 6.83. The lowest BCUT2D eigenvalue weighted by Crippen LogP contribution is -1.91. The van der Waals surface area contributed by atoms with Gasteiger partial charge in [0.05, 0.1) is 5.56 Å². The number of hydrogen-bond acceptors (Lipinski definition) is 0. The first-order chi connectivity index (χ1) is 15.6. The second kappa shape index (κ2) is 11.9. The fourth-order valence-corrected chi connectivity index (χ4v) is 3.41. The van der Waals surface area contributed by atoms with Gasteiger partial charge in [0.15, 0.2) is 0 Å². The van der Waals surface area contributed by atoms with Crippen LogP contribution in [0.5, 0.6) is 0 Å². The summed E-state index contributed by atoms with van der Waals surface area (Å²) in [4.78, 5) is 0. The van der Waals surface area contributed by atoms with Gasteiger partial charge in [-0.1, -0.05) is 75.0 Å². The zero-order valence-corrected chi connectivity index (χ0v) is 18.8. The van der Waals surface area contributed by atoms with Crippen molar-refractivity contribution in [2.24, 2.45) is 0 Å². The average molecular weight is 427 g/mol. The fourth-order valence-electron chi connectivity index (χ4n) is 3.41. The van der Waals surface area contributed by atoms with Crippen molar-refractivity contribution in [3.63, 3.8) is 0 Å². The standard InChI is InChI=1S/C30H28F2/c1-3-5-6-8-23-9-11-24(12-10-23)13-14-25-16-19-28(30(32)21-25)20-17-26-15-18-27(7-4-2)29(31)22-26/h9-12,15-16,18-19,21-22H,3-8H2,1-2H3. The van der Waals surface area contributed by atoms with Crippen LogP contribution in [-0.2, 0) is 12.8 Å². The zero-order chi connectivity index (χ0) is 22.8. The van der Waals surface area contributed by atoms with Crippen LogP contribution in [0.25, 0.3) is 0 Å². The van der Waals surface area contributed by atoms with E-state index in [0.717, 1.165) is 18.4 Å². The van der Waals surface area contributed by atoms with Gasteiger partial charge in [0.25, 0.3) is 0 Å². The van der Waals surface area contributed by atoms with E-state index in [1.165, 1.54) is 37.0 Å². The monoisotopic (exact) mass is 426 g/mol. The first-order valence-electron chi connectivity index (χ1n) is 11.3. The van der Waals surface area contributed by atoms with Crippen LogP contribution in [-0.4, -0.2) is 0 Å². The number of aryl methyl sites for hydroxylation is 2. The van der Waals surface area contributed by atoms with Gasteiger partial charge in [-0.05, 0) is 72.9 Å². The van der Waals surface area contributed by atoms with E-state index in [0.29, 0.717) is 23.1 Å². The van der Waals surface area contributed by atoms with Crippen LogP contribution in [0.1, 0.15) is 72.9 Å². The normalized spacial score (nSPS) is 10.1. The molecule has 0 unspecified atom stereocenters. The molecular formula is C30H28F2. The zero-order valence-electron chi connectivity index (χ0n) is 18.8. The molecule has 0 nitrogen and oxygen atoms in total. The van der Waals surface area contributed by atoms with E-state index >= 15 is 0 Å². The van der Waals surface area contributed by atoms with Crippen molar-refractivity contribution < 1.29 is 8.78 Å². The highest BCUT2D eigenvalue weighted by atomic mass is 19.1. The van der Waals surface area contributed by atoms with Crippen molar-refractivity contribution in [2.45, 2.75) is 52.4 Å². The quantitative estimate of drug-likeness (QED) is 0.284. The van der Waals surface area contributed by atoms with Crippen molar-refractivity contribution in [1.82, 2.24) is 0 Å². The van der Waals surface area contributed by atoms with Crippen molar-refractivity contribution in [2.75, 3.05) is 0 Å². The van der Waals surface area contributed by atoms with Crippen LogP contribution in [0.2, 0.25) is 0 Å². The number of rotatable bonds is 6. The highest BCUT2D eigenvalue weighted by Crippen LogP contribution is 2.14. The van der Waals surface area contributed by atoms with E-state index in [1.807, 2.05) is 19.1 Å². The fraction of sp³-hybridized carbons (Fsp3) is 0.267. The molecule has 3 aromatic carbocycles. The Kier molecular flexibility index (Phi) is 8.65. The van der Waals surface area contributed by atoms with Crippen molar-refractivity contribution in [3.05, 3.63) is 106 Å². The van der Waals surface area contributed by atoms with Gasteiger partial charge in [0.1, 0.15) is 11.6 Å². The SMILES string of the molecule is CCCCCc1ccc(C#Cc2ccc(C#Cc3ccc(CCC)c(F)c3)c(F)c2)cc1. The maximum atomic E-state index is 14.5. The molecule has 162 valence electrons. The summed E-state index contributed by atoms with van der Waals surface area (Å²) in [5.41, 5.74) is 4.29. The third-order valence-electron chi connectivity index (χ3n) is 5.26. The molecule has 0 bridgehead atoms. The van der Waals surface area contributed by atoms with Gasteiger partial charge in [-0.15, -0.1) is 0 Å². The Hall–Kier alpha value is -3.36. The summed E-state index contributed by atoms with van der Waals surface area (Å²) in [5, 5.41) is 0. The Balaban J connectivity index is 1.68. The molecule has 2 heteroatoms. The van der Waals surface area contributed by atoms with Gasteiger partial charge in [-0.25, -0.2) is 8.78 Å². The Morgan fingerprint density at radius 1 is 0.594 bits per heavy atom. The first-order valence-corrected chi connectivity index (χ1v) is 11.3. The predicted octanol–water partition coefficient (Wildman–Crippen LogP) is 7.45. The van der Waals surface area contributed by atoms with Crippen LogP contribution >= 0.6 is 0 Å². The van der Waals surface area contributed by atoms with Crippen molar-refractivity contribution in [1.29, 1.82) is 0 Å². The lowest BCUT2D eigenvalue weighted by atomic mass is 10.0. The van der Waals surface area contributed by atoms with E-state index in [1.54, 1.807) is 24.3 Å². The molecule has 0 heterocycles. The summed E-state index contributed by atoms with van der Waals surface area (Å²) in [7, 11) is 0. The minimum absolute atomic E-state index is 0.265. The lowest BCUT2D eigenvalue weighted by Gasteiger charge is -2.01. The molecule has 0 aliphatic rings. The van der Waals surface area contributed by atoms with Crippen LogP contribution in [0, 0.1) is 35.3 Å². The highest BCUT2D eigenvalue weighted by molar-refractivity contribution is 5.49. The topological polar surface area (TPSA) is 0 Å². The van der Waals surface area contributed by atoms with Gasteiger partial charge in [-0.2, -0.15) is 0 Å².